The Bertz CT molecular complexity index is 397. The highest BCUT2D eigenvalue weighted by molar-refractivity contribution is 5.95. The molecule has 0 N–H and O–H groups in total. The van der Waals surface area contributed by atoms with Gasteiger partial charge in [-0.05, 0) is 24.3 Å². The van der Waals surface area contributed by atoms with E-state index in [0.29, 0.717) is 18.9 Å². The van der Waals surface area contributed by atoms with E-state index in [1.807, 2.05) is 24.3 Å². The predicted molar refractivity (Wildman–Crippen MR) is 60.0 cm³/mol. The Labute approximate surface area is 93.9 Å². The van der Waals surface area contributed by atoms with Crippen molar-refractivity contribution in [2.45, 2.75) is 12.5 Å². The molecule has 4 nitrogen and oxygen atoms in total. The van der Waals surface area contributed by atoms with E-state index in [9.17, 15) is 4.79 Å². The van der Waals surface area contributed by atoms with Gasteiger partial charge in [-0.1, -0.05) is 0 Å². The van der Waals surface area contributed by atoms with E-state index in [2.05, 4.69) is 4.99 Å². The van der Waals surface area contributed by atoms with Gasteiger partial charge in [0.05, 0.1) is 13.2 Å². The maximum absolute atomic E-state index is 10.3. The van der Waals surface area contributed by atoms with Gasteiger partial charge in [0.1, 0.15) is 18.6 Å². The molecule has 0 saturated carbocycles. The number of benzene rings is 1. The van der Waals surface area contributed by atoms with Crippen molar-refractivity contribution >= 4 is 12.2 Å². The summed E-state index contributed by atoms with van der Waals surface area (Å²) in [5, 5.41) is 0. The maximum atomic E-state index is 10.3. The number of rotatable bonds is 4. The molecule has 0 radical (unpaired) electrons. The van der Waals surface area contributed by atoms with Gasteiger partial charge >= 0.3 is 0 Å². The van der Waals surface area contributed by atoms with Gasteiger partial charge in [-0.3, -0.25) is 0 Å². The number of carbonyl (C=O) groups excluding carboxylic acids is 1. The number of carbonyl (C=O) groups is 1. The molecule has 1 heterocycles. The molecule has 0 spiro atoms. The third kappa shape index (κ3) is 2.21. The Hall–Kier alpha value is -1.84. The van der Waals surface area contributed by atoms with Crippen LogP contribution in [0.4, 0.5) is 0 Å². The maximum Gasteiger partial charge on any atom is 0.216 e. The standard InChI is InChI=1S/C12H13NO3/c1-15-11-4-2-9(3-5-11)12-13-10(6-7-14)8-16-12/h2-5,7,10H,6,8H2,1H3/t10-/m0/s1. The Morgan fingerprint density at radius 2 is 2.25 bits per heavy atom. The van der Waals surface area contributed by atoms with Gasteiger partial charge in [0.15, 0.2) is 0 Å². The zero-order valence-corrected chi connectivity index (χ0v) is 9.05. The molecule has 16 heavy (non-hydrogen) atoms. The summed E-state index contributed by atoms with van der Waals surface area (Å²) >= 11 is 0. The largest absolute Gasteiger partial charge is 0.497 e. The average molecular weight is 219 g/mol. The van der Waals surface area contributed by atoms with E-state index in [0.717, 1.165) is 17.6 Å². The molecule has 0 fully saturated rings. The summed E-state index contributed by atoms with van der Waals surface area (Å²) < 4.78 is 10.5. The van der Waals surface area contributed by atoms with Crippen LogP contribution in [0.2, 0.25) is 0 Å². The summed E-state index contributed by atoms with van der Waals surface area (Å²) in [6.45, 7) is 0.486. The minimum atomic E-state index is -0.0328. The second-order valence-corrected chi connectivity index (χ2v) is 3.53. The van der Waals surface area contributed by atoms with Crippen LogP contribution in [-0.2, 0) is 9.53 Å². The molecule has 1 atom stereocenters. The monoisotopic (exact) mass is 219 g/mol. The molecule has 4 heteroatoms. The van der Waals surface area contributed by atoms with E-state index in [4.69, 9.17) is 9.47 Å². The molecule has 0 unspecified atom stereocenters. The molecule has 0 aromatic heterocycles. The Balaban J connectivity index is 2.12. The fraction of sp³-hybridized carbons (Fsp3) is 0.333. The van der Waals surface area contributed by atoms with Gasteiger partial charge in [-0.15, -0.1) is 0 Å². The smallest absolute Gasteiger partial charge is 0.216 e. The third-order valence-corrected chi connectivity index (χ3v) is 2.42. The molecule has 1 aromatic carbocycles. The number of hydrogen-bond acceptors (Lipinski definition) is 4. The zero-order chi connectivity index (χ0) is 11.4. The van der Waals surface area contributed by atoms with Crippen LogP contribution in [0, 0.1) is 0 Å². The van der Waals surface area contributed by atoms with Crippen LogP contribution in [0.15, 0.2) is 29.3 Å². The summed E-state index contributed by atoms with van der Waals surface area (Å²) in [5.74, 6) is 1.40. The highest BCUT2D eigenvalue weighted by Crippen LogP contribution is 2.16. The highest BCUT2D eigenvalue weighted by Gasteiger charge is 2.19. The van der Waals surface area contributed by atoms with Crippen molar-refractivity contribution < 1.29 is 14.3 Å². The molecule has 0 saturated heterocycles. The fourth-order valence-corrected chi connectivity index (χ4v) is 1.54. The van der Waals surface area contributed by atoms with Gasteiger partial charge in [0.25, 0.3) is 0 Å². The van der Waals surface area contributed by atoms with Crippen LogP contribution < -0.4 is 4.74 Å². The molecule has 1 aliphatic rings. The van der Waals surface area contributed by atoms with Crippen LogP contribution in [0.1, 0.15) is 12.0 Å². The topological polar surface area (TPSA) is 47.9 Å². The van der Waals surface area contributed by atoms with Crippen LogP contribution in [-0.4, -0.2) is 31.9 Å². The van der Waals surface area contributed by atoms with E-state index < -0.39 is 0 Å². The zero-order valence-electron chi connectivity index (χ0n) is 9.05. The first-order valence-electron chi connectivity index (χ1n) is 5.12. The lowest BCUT2D eigenvalue weighted by molar-refractivity contribution is -0.108. The number of hydrogen-bond donors (Lipinski definition) is 0. The summed E-state index contributed by atoms with van der Waals surface area (Å²) in [7, 11) is 1.62. The molecule has 2 rings (SSSR count). The number of nitrogens with zero attached hydrogens (tertiary/aromatic N) is 1. The number of aliphatic imine (C=N–C) groups is 1. The highest BCUT2D eigenvalue weighted by atomic mass is 16.5. The lowest BCUT2D eigenvalue weighted by Crippen LogP contribution is -2.06. The molecule has 1 aromatic rings. The van der Waals surface area contributed by atoms with Gasteiger partial charge in [0.2, 0.25) is 5.90 Å². The third-order valence-electron chi connectivity index (χ3n) is 2.42. The predicted octanol–water partition coefficient (Wildman–Crippen LogP) is 1.43. The minimum Gasteiger partial charge on any atom is -0.497 e. The number of aldehydes is 1. The minimum absolute atomic E-state index is 0.0328. The van der Waals surface area contributed by atoms with E-state index in [-0.39, 0.29) is 6.04 Å². The first-order valence-corrected chi connectivity index (χ1v) is 5.12. The fourth-order valence-electron chi connectivity index (χ4n) is 1.54. The van der Waals surface area contributed by atoms with E-state index in [1.165, 1.54) is 0 Å². The van der Waals surface area contributed by atoms with Crippen LogP contribution in [0.5, 0.6) is 5.75 Å². The molecular weight excluding hydrogens is 206 g/mol. The van der Waals surface area contributed by atoms with Crippen molar-refractivity contribution in [3.63, 3.8) is 0 Å². The second kappa shape index (κ2) is 4.79. The van der Waals surface area contributed by atoms with Crippen molar-refractivity contribution in [1.82, 2.24) is 0 Å². The van der Waals surface area contributed by atoms with Gasteiger partial charge in [-0.25, -0.2) is 4.99 Å². The molecule has 0 amide bonds. The first kappa shape index (κ1) is 10.7. The molecule has 84 valence electrons. The summed E-state index contributed by atoms with van der Waals surface area (Å²) in [6.07, 6.45) is 1.29. The van der Waals surface area contributed by atoms with Gasteiger partial charge in [-0.2, -0.15) is 0 Å². The quantitative estimate of drug-likeness (QED) is 0.720. The SMILES string of the molecule is COc1ccc(C2=N[C@@H](CC=O)CO2)cc1. The Morgan fingerprint density at radius 3 is 2.88 bits per heavy atom. The Morgan fingerprint density at radius 1 is 1.50 bits per heavy atom. The molecule has 0 bridgehead atoms. The summed E-state index contributed by atoms with van der Waals surface area (Å²) in [6, 6.07) is 7.46. The number of methoxy groups -OCH3 is 1. The normalized spacial score (nSPS) is 18.8. The van der Waals surface area contributed by atoms with Crippen molar-refractivity contribution in [2.75, 3.05) is 13.7 Å². The van der Waals surface area contributed by atoms with Crippen molar-refractivity contribution in [3.8, 4) is 5.75 Å². The van der Waals surface area contributed by atoms with Gasteiger partial charge < -0.3 is 14.3 Å². The lowest BCUT2D eigenvalue weighted by Gasteiger charge is -2.02. The van der Waals surface area contributed by atoms with E-state index in [1.54, 1.807) is 7.11 Å². The van der Waals surface area contributed by atoms with Crippen LogP contribution in [0.25, 0.3) is 0 Å². The second-order valence-electron chi connectivity index (χ2n) is 3.53. The first-order chi connectivity index (χ1) is 7.83. The van der Waals surface area contributed by atoms with Crippen molar-refractivity contribution in [1.29, 1.82) is 0 Å². The van der Waals surface area contributed by atoms with Crippen LogP contribution in [0.3, 0.4) is 0 Å². The van der Waals surface area contributed by atoms with Gasteiger partial charge in [0, 0.05) is 12.0 Å². The van der Waals surface area contributed by atoms with E-state index >= 15 is 0 Å². The molecular formula is C12H13NO3. The molecule has 0 aliphatic carbocycles. The summed E-state index contributed by atoms with van der Waals surface area (Å²) in [4.78, 5) is 14.7. The molecule has 1 aliphatic heterocycles. The van der Waals surface area contributed by atoms with Crippen LogP contribution >= 0.6 is 0 Å². The Kier molecular flexibility index (Phi) is 3.19. The summed E-state index contributed by atoms with van der Waals surface area (Å²) in [5.41, 5.74) is 0.911. The lowest BCUT2D eigenvalue weighted by atomic mass is 10.2. The van der Waals surface area contributed by atoms with Crippen molar-refractivity contribution in [3.05, 3.63) is 29.8 Å². The van der Waals surface area contributed by atoms with Crippen molar-refractivity contribution in [2.24, 2.45) is 4.99 Å². The average Bonchev–Trinajstić information content (AvgIpc) is 2.78. The number of ether oxygens (including phenoxy) is 2.